The molecule has 2 rings (SSSR count). The highest BCUT2D eigenvalue weighted by Gasteiger charge is 2.08. The SMILES string of the molecule is NC(N)=N/N=C/c1cccc(OCc2ccc(Cl)cc2Cl)c1Cl. The summed E-state index contributed by atoms with van der Waals surface area (Å²) in [5.41, 5.74) is 11.8. The molecule has 23 heavy (non-hydrogen) atoms. The molecule has 0 aliphatic rings. The Morgan fingerprint density at radius 1 is 1.13 bits per heavy atom. The highest BCUT2D eigenvalue weighted by atomic mass is 35.5. The van der Waals surface area contributed by atoms with E-state index in [1.54, 1.807) is 36.4 Å². The van der Waals surface area contributed by atoms with Crippen molar-refractivity contribution in [3.05, 3.63) is 62.6 Å². The summed E-state index contributed by atoms with van der Waals surface area (Å²) in [6.07, 6.45) is 1.43. The van der Waals surface area contributed by atoms with Gasteiger partial charge in [-0.25, -0.2) is 0 Å². The minimum absolute atomic E-state index is 0.137. The molecule has 0 aliphatic heterocycles. The van der Waals surface area contributed by atoms with E-state index in [4.69, 9.17) is 51.0 Å². The fraction of sp³-hybridized carbons (Fsp3) is 0.0667. The molecule has 120 valence electrons. The maximum atomic E-state index is 6.27. The molecule has 2 aromatic rings. The van der Waals surface area contributed by atoms with Crippen LogP contribution in [-0.2, 0) is 6.61 Å². The van der Waals surface area contributed by atoms with Crippen LogP contribution in [0.4, 0.5) is 0 Å². The second-order valence-electron chi connectivity index (χ2n) is 4.45. The Balaban J connectivity index is 2.14. The quantitative estimate of drug-likeness (QED) is 0.476. The standard InChI is InChI=1S/C15H13Cl3N4O/c16-11-5-4-10(12(17)6-11)8-23-13-3-1-2-9(14(13)18)7-21-22-15(19)20/h1-7H,8H2,(H4,19,20,22)/b21-7+. The first kappa shape index (κ1) is 17.4. The third-order valence-corrected chi connectivity index (χ3v) is 3.75. The van der Waals surface area contributed by atoms with Crippen LogP contribution in [0.1, 0.15) is 11.1 Å². The third-order valence-electron chi connectivity index (χ3n) is 2.76. The smallest absolute Gasteiger partial charge is 0.211 e. The summed E-state index contributed by atoms with van der Waals surface area (Å²) >= 11 is 18.2. The summed E-state index contributed by atoms with van der Waals surface area (Å²) in [7, 11) is 0. The Morgan fingerprint density at radius 3 is 2.61 bits per heavy atom. The number of nitrogens with two attached hydrogens (primary N) is 2. The van der Waals surface area contributed by atoms with Gasteiger partial charge in [0.2, 0.25) is 5.96 Å². The van der Waals surface area contributed by atoms with Gasteiger partial charge in [0.15, 0.2) is 0 Å². The normalized spacial score (nSPS) is 10.7. The molecular formula is C15H13Cl3N4O. The fourth-order valence-electron chi connectivity index (χ4n) is 1.69. The van der Waals surface area contributed by atoms with Gasteiger partial charge in [0.1, 0.15) is 12.4 Å². The number of nitrogens with zero attached hydrogens (tertiary/aromatic N) is 2. The Kier molecular flexibility index (Phi) is 6.10. The molecule has 0 spiro atoms. The van der Waals surface area contributed by atoms with Gasteiger partial charge in [-0.3, -0.25) is 0 Å². The number of guanidine groups is 1. The van der Waals surface area contributed by atoms with Crippen LogP contribution in [0.5, 0.6) is 5.75 Å². The van der Waals surface area contributed by atoms with Gasteiger partial charge >= 0.3 is 0 Å². The van der Waals surface area contributed by atoms with Crippen LogP contribution in [0.15, 0.2) is 46.6 Å². The average Bonchev–Trinajstić information content (AvgIpc) is 2.49. The second kappa shape index (κ2) is 8.06. The van der Waals surface area contributed by atoms with Gasteiger partial charge in [-0.15, -0.1) is 5.10 Å². The van der Waals surface area contributed by atoms with Gasteiger partial charge in [-0.1, -0.05) is 53.0 Å². The molecule has 0 radical (unpaired) electrons. The van der Waals surface area contributed by atoms with Crippen LogP contribution >= 0.6 is 34.8 Å². The minimum Gasteiger partial charge on any atom is -0.487 e. The van der Waals surface area contributed by atoms with E-state index in [-0.39, 0.29) is 12.6 Å². The zero-order valence-electron chi connectivity index (χ0n) is 11.8. The molecule has 0 heterocycles. The molecule has 0 fully saturated rings. The van der Waals surface area contributed by atoms with Crippen molar-refractivity contribution in [1.29, 1.82) is 0 Å². The van der Waals surface area contributed by atoms with Crippen molar-refractivity contribution in [2.45, 2.75) is 6.61 Å². The first-order chi connectivity index (χ1) is 11.0. The lowest BCUT2D eigenvalue weighted by Crippen LogP contribution is -2.21. The summed E-state index contributed by atoms with van der Waals surface area (Å²) in [6, 6.07) is 10.5. The molecule has 0 saturated carbocycles. The Labute approximate surface area is 148 Å². The van der Waals surface area contributed by atoms with Gasteiger partial charge in [0.05, 0.1) is 11.2 Å². The number of hydrogen-bond donors (Lipinski definition) is 2. The molecule has 0 saturated heterocycles. The Hall–Kier alpha value is -1.95. The zero-order valence-corrected chi connectivity index (χ0v) is 14.1. The van der Waals surface area contributed by atoms with E-state index >= 15 is 0 Å². The number of hydrogen-bond acceptors (Lipinski definition) is 3. The van der Waals surface area contributed by atoms with Crippen LogP contribution in [0.2, 0.25) is 15.1 Å². The van der Waals surface area contributed by atoms with Crippen molar-refractivity contribution in [2.75, 3.05) is 0 Å². The summed E-state index contributed by atoms with van der Waals surface area (Å²) in [5, 5.41) is 8.73. The summed E-state index contributed by atoms with van der Waals surface area (Å²) in [6.45, 7) is 0.254. The number of ether oxygens (including phenoxy) is 1. The molecule has 0 aromatic heterocycles. The van der Waals surface area contributed by atoms with Crippen molar-refractivity contribution >= 4 is 47.0 Å². The molecule has 0 atom stereocenters. The van der Waals surface area contributed by atoms with Gasteiger partial charge in [-0.05, 0) is 18.2 Å². The van der Waals surface area contributed by atoms with E-state index in [0.717, 1.165) is 5.56 Å². The Morgan fingerprint density at radius 2 is 1.91 bits per heavy atom. The van der Waals surface area contributed by atoms with Gasteiger partial charge < -0.3 is 16.2 Å². The zero-order chi connectivity index (χ0) is 16.8. The molecule has 5 nitrogen and oxygen atoms in total. The summed E-state index contributed by atoms with van der Waals surface area (Å²) < 4.78 is 5.71. The van der Waals surface area contributed by atoms with Crippen molar-refractivity contribution < 1.29 is 4.74 Å². The number of halogens is 3. The third kappa shape index (κ3) is 5.03. The van der Waals surface area contributed by atoms with E-state index in [2.05, 4.69) is 10.2 Å². The second-order valence-corrected chi connectivity index (χ2v) is 5.67. The largest absolute Gasteiger partial charge is 0.487 e. The van der Waals surface area contributed by atoms with E-state index in [1.165, 1.54) is 6.21 Å². The number of rotatable bonds is 5. The van der Waals surface area contributed by atoms with Crippen molar-refractivity contribution in [3.8, 4) is 5.75 Å². The van der Waals surface area contributed by atoms with Crippen molar-refractivity contribution in [2.24, 2.45) is 21.7 Å². The van der Waals surface area contributed by atoms with E-state index in [9.17, 15) is 0 Å². The van der Waals surface area contributed by atoms with Crippen LogP contribution < -0.4 is 16.2 Å². The predicted molar refractivity (Wildman–Crippen MR) is 95.6 cm³/mol. The van der Waals surface area contributed by atoms with Crippen LogP contribution in [0, 0.1) is 0 Å². The number of benzene rings is 2. The molecule has 0 unspecified atom stereocenters. The monoisotopic (exact) mass is 370 g/mol. The molecule has 0 bridgehead atoms. The van der Waals surface area contributed by atoms with Crippen LogP contribution in [-0.4, -0.2) is 12.2 Å². The summed E-state index contributed by atoms with van der Waals surface area (Å²) in [5.74, 6) is 0.355. The molecule has 8 heteroatoms. The lowest BCUT2D eigenvalue weighted by molar-refractivity contribution is 0.306. The highest BCUT2D eigenvalue weighted by molar-refractivity contribution is 6.35. The molecule has 0 amide bonds. The maximum Gasteiger partial charge on any atom is 0.211 e. The van der Waals surface area contributed by atoms with Gasteiger partial charge in [-0.2, -0.15) is 5.10 Å². The van der Waals surface area contributed by atoms with Gasteiger partial charge in [0.25, 0.3) is 0 Å². The molecule has 4 N–H and O–H groups in total. The fourth-order valence-corrected chi connectivity index (χ4v) is 2.38. The first-order valence-corrected chi connectivity index (χ1v) is 7.58. The first-order valence-electron chi connectivity index (χ1n) is 6.44. The average molecular weight is 372 g/mol. The van der Waals surface area contributed by atoms with Crippen LogP contribution in [0.25, 0.3) is 0 Å². The topological polar surface area (TPSA) is 86.0 Å². The van der Waals surface area contributed by atoms with Crippen molar-refractivity contribution in [3.63, 3.8) is 0 Å². The van der Waals surface area contributed by atoms with E-state index < -0.39 is 0 Å². The Bertz CT molecular complexity index is 758. The minimum atomic E-state index is -0.137. The van der Waals surface area contributed by atoms with Crippen LogP contribution in [0.3, 0.4) is 0 Å². The van der Waals surface area contributed by atoms with E-state index in [1.807, 2.05) is 0 Å². The lowest BCUT2D eigenvalue weighted by atomic mass is 10.2. The molecule has 2 aromatic carbocycles. The van der Waals surface area contributed by atoms with E-state index in [0.29, 0.717) is 26.4 Å². The maximum absolute atomic E-state index is 6.27. The van der Waals surface area contributed by atoms with Crippen molar-refractivity contribution in [1.82, 2.24) is 0 Å². The predicted octanol–water partition coefficient (Wildman–Crippen LogP) is 3.83. The van der Waals surface area contributed by atoms with Gasteiger partial charge in [0, 0.05) is 21.2 Å². The molecular weight excluding hydrogens is 359 g/mol. The summed E-state index contributed by atoms with van der Waals surface area (Å²) in [4.78, 5) is 0. The lowest BCUT2D eigenvalue weighted by Gasteiger charge is -2.10. The molecule has 0 aliphatic carbocycles. The highest BCUT2D eigenvalue weighted by Crippen LogP contribution is 2.29.